The van der Waals surface area contributed by atoms with Crippen LogP contribution in [0.3, 0.4) is 0 Å². The molecule has 0 saturated heterocycles. The first-order chi connectivity index (χ1) is 7.70. The van der Waals surface area contributed by atoms with Crippen LogP contribution in [0, 0.1) is 11.6 Å². The Morgan fingerprint density at radius 3 is 2.88 bits per heavy atom. The summed E-state index contributed by atoms with van der Waals surface area (Å²) in [6, 6.07) is 5.00. The molecule has 2 rings (SSSR count). The van der Waals surface area contributed by atoms with Crippen molar-refractivity contribution in [3.8, 4) is 11.3 Å². The zero-order valence-electron chi connectivity index (χ0n) is 8.72. The average molecular weight is 223 g/mol. The lowest BCUT2D eigenvalue weighted by atomic mass is 10.1. The summed E-state index contributed by atoms with van der Waals surface area (Å²) in [6.45, 7) is 0.601. The molecule has 5 heteroatoms. The Bertz CT molecular complexity index is 494. The Morgan fingerprint density at radius 2 is 2.12 bits per heavy atom. The van der Waals surface area contributed by atoms with Crippen molar-refractivity contribution >= 4 is 0 Å². The number of aromatic amines is 1. The zero-order chi connectivity index (χ0) is 11.5. The topological polar surface area (TPSA) is 40.7 Å². The van der Waals surface area contributed by atoms with Crippen molar-refractivity contribution in [2.45, 2.75) is 6.54 Å². The van der Waals surface area contributed by atoms with Gasteiger partial charge in [-0.2, -0.15) is 5.10 Å². The molecule has 2 aromatic rings. The molecule has 2 N–H and O–H groups in total. The summed E-state index contributed by atoms with van der Waals surface area (Å²) >= 11 is 0. The summed E-state index contributed by atoms with van der Waals surface area (Å²) in [7, 11) is 1.79. The molecule has 1 aromatic heterocycles. The number of nitrogens with zero attached hydrogens (tertiary/aromatic N) is 1. The molecule has 0 spiro atoms. The zero-order valence-corrected chi connectivity index (χ0v) is 8.72. The second-order valence-electron chi connectivity index (χ2n) is 3.43. The normalized spacial score (nSPS) is 10.7. The van der Waals surface area contributed by atoms with Gasteiger partial charge in [0.05, 0.1) is 5.69 Å². The molecule has 0 amide bonds. The number of halogens is 2. The molecule has 1 heterocycles. The first-order valence-corrected chi connectivity index (χ1v) is 4.85. The van der Waals surface area contributed by atoms with Crippen LogP contribution < -0.4 is 5.32 Å². The molecule has 0 bridgehead atoms. The summed E-state index contributed by atoms with van der Waals surface area (Å²) < 4.78 is 26.4. The number of hydrogen-bond donors (Lipinski definition) is 2. The molecule has 0 atom stereocenters. The van der Waals surface area contributed by atoms with Gasteiger partial charge in [-0.1, -0.05) is 0 Å². The van der Waals surface area contributed by atoms with Gasteiger partial charge in [0.2, 0.25) is 0 Å². The highest BCUT2D eigenvalue weighted by atomic mass is 19.1. The maximum absolute atomic E-state index is 13.4. The van der Waals surface area contributed by atoms with Crippen molar-refractivity contribution in [2.24, 2.45) is 0 Å². The summed E-state index contributed by atoms with van der Waals surface area (Å²) in [5.41, 5.74) is 1.39. The predicted molar refractivity (Wildman–Crippen MR) is 56.7 cm³/mol. The van der Waals surface area contributed by atoms with E-state index in [1.807, 2.05) is 0 Å². The first kappa shape index (κ1) is 10.8. The fraction of sp³-hybridized carbons (Fsp3) is 0.182. The summed E-state index contributed by atoms with van der Waals surface area (Å²) in [4.78, 5) is 0. The van der Waals surface area contributed by atoms with Crippen LogP contribution in [0.4, 0.5) is 8.78 Å². The second-order valence-corrected chi connectivity index (χ2v) is 3.43. The monoisotopic (exact) mass is 223 g/mol. The number of rotatable bonds is 3. The fourth-order valence-electron chi connectivity index (χ4n) is 1.47. The van der Waals surface area contributed by atoms with E-state index in [0.29, 0.717) is 12.2 Å². The Morgan fingerprint density at radius 1 is 1.31 bits per heavy atom. The van der Waals surface area contributed by atoms with Crippen LogP contribution in [0.5, 0.6) is 0 Å². The Labute approximate surface area is 91.5 Å². The van der Waals surface area contributed by atoms with Crippen molar-refractivity contribution in [3.05, 3.63) is 41.6 Å². The van der Waals surface area contributed by atoms with Gasteiger partial charge in [0, 0.05) is 17.8 Å². The van der Waals surface area contributed by atoms with Crippen molar-refractivity contribution in [1.82, 2.24) is 15.5 Å². The molecular formula is C11H11F2N3. The van der Waals surface area contributed by atoms with Crippen molar-refractivity contribution in [3.63, 3.8) is 0 Å². The largest absolute Gasteiger partial charge is 0.314 e. The highest BCUT2D eigenvalue weighted by molar-refractivity contribution is 5.60. The third-order valence-corrected chi connectivity index (χ3v) is 2.20. The van der Waals surface area contributed by atoms with E-state index in [4.69, 9.17) is 0 Å². The molecule has 3 nitrogen and oxygen atoms in total. The Balaban J connectivity index is 2.38. The van der Waals surface area contributed by atoms with Crippen molar-refractivity contribution < 1.29 is 8.78 Å². The van der Waals surface area contributed by atoms with Gasteiger partial charge >= 0.3 is 0 Å². The molecule has 0 aliphatic heterocycles. The third-order valence-electron chi connectivity index (χ3n) is 2.20. The quantitative estimate of drug-likeness (QED) is 0.836. The lowest BCUT2D eigenvalue weighted by molar-refractivity contribution is 0.602. The minimum atomic E-state index is -0.482. The van der Waals surface area contributed by atoms with Gasteiger partial charge in [0.1, 0.15) is 11.6 Å². The van der Waals surface area contributed by atoms with Crippen LogP contribution in [-0.2, 0) is 6.54 Å². The number of benzene rings is 1. The fourth-order valence-corrected chi connectivity index (χ4v) is 1.47. The van der Waals surface area contributed by atoms with E-state index in [-0.39, 0.29) is 5.56 Å². The van der Waals surface area contributed by atoms with Gasteiger partial charge in [0.25, 0.3) is 0 Å². The van der Waals surface area contributed by atoms with E-state index in [9.17, 15) is 8.78 Å². The highest BCUT2D eigenvalue weighted by Crippen LogP contribution is 2.22. The average Bonchev–Trinajstić information content (AvgIpc) is 2.71. The smallest absolute Gasteiger partial charge is 0.132 e. The van der Waals surface area contributed by atoms with E-state index < -0.39 is 11.6 Å². The molecule has 0 aliphatic rings. The Kier molecular flexibility index (Phi) is 2.96. The van der Waals surface area contributed by atoms with E-state index in [0.717, 1.165) is 23.9 Å². The van der Waals surface area contributed by atoms with Crippen LogP contribution in [-0.4, -0.2) is 17.2 Å². The lowest BCUT2D eigenvalue weighted by Crippen LogP contribution is -2.04. The van der Waals surface area contributed by atoms with E-state index in [1.54, 1.807) is 13.1 Å². The second kappa shape index (κ2) is 4.40. The number of aromatic nitrogens is 2. The van der Waals surface area contributed by atoms with Crippen LogP contribution >= 0.6 is 0 Å². The maximum Gasteiger partial charge on any atom is 0.132 e. The van der Waals surface area contributed by atoms with Crippen molar-refractivity contribution in [2.75, 3.05) is 7.05 Å². The van der Waals surface area contributed by atoms with Gasteiger partial charge < -0.3 is 5.32 Å². The van der Waals surface area contributed by atoms with Gasteiger partial charge in [-0.05, 0) is 31.3 Å². The summed E-state index contributed by atoms with van der Waals surface area (Å²) in [6.07, 6.45) is 0. The molecular weight excluding hydrogens is 212 g/mol. The molecule has 84 valence electrons. The van der Waals surface area contributed by atoms with E-state index in [1.165, 1.54) is 0 Å². The molecule has 0 saturated carbocycles. The minimum absolute atomic E-state index is 0.165. The van der Waals surface area contributed by atoms with Gasteiger partial charge in [0.15, 0.2) is 0 Å². The molecule has 0 unspecified atom stereocenters. The Hall–Kier alpha value is -1.75. The summed E-state index contributed by atoms with van der Waals surface area (Å²) in [5, 5.41) is 9.62. The van der Waals surface area contributed by atoms with Crippen LogP contribution in [0.1, 0.15) is 5.69 Å². The third kappa shape index (κ3) is 2.09. The van der Waals surface area contributed by atoms with Gasteiger partial charge in [-0.15, -0.1) is 0 Å². The maximum atomic E-state index is 13.4. The van der Waals surface area contributed by atoms with E-state index >= 15 is 0 Å². The molecule has 0 aliphatic carbocycles. The van der Waals surface area contributed by atoms with Crippen LogP contribution in [0.15, 0.2) is 24.3 Å². The molecule has 0 fully saturated rings. The standard InChI is InChI=1S/C11H11F2N3/c1-14-6-8-5-11(16-15-8)9-4-7(12)2-3-10(9)13/h2-5,14H,6H2,1H3,(H,15,16). The van der Waals surface area contributed by atoms with Gasteiger partial charge in [-0.3, -0.25) is 5.10 Å². The van der Waals surface area contributed by atoms with E-state index in [2.05, 4.69) is 15.5 Å². The first-order valence-electron chi connectivity index (χ1n) is 4.85. The minimum Gasteiger partial charge on any atom is -0.314 e. The molecule has 1 aromatic carbocycles. The predicted octanol–water partition coefficient (Wildman–Crippen LogP) is 2.07. The number of nitrogens with one attached hydrogen (secondary N) is 2. The van der Waals surface area contributed by atoms with Crippen molar-refractivity contribution in [1.29, 1.82) is 0 Å². The molecule has 0 radical (unpaired) electrons. The van der Waals surface area contributed by atoms with Crippen LogP contribution in [0.2, 0.25) is 0 Å². The lowest BCUT2D eigenvalue weighted by Gasteiger charge is -1.98. The van der Waals surface area contributed by atoms with Gasteiger partial charge in [-0.25, -0.2) is 8.78 Å². The highest BCUT2D eigenvalue weighted by Gasteiger charge is 2.09. The SMILES string of the molecule is CNCc1cc(-c2cc(F)ccc2F)n[nH]1. The van der Waals surface area contributed by atoms with Crippen LogP contribution in [0.25, 0.3) is 11.3 Å². The summed E-state index contributed by atoms with van der Waals surface area (Å²) in [5.74, 6) is -0.960. The number of hydrogen-bond acceptors (Lipinski definition) is 2. The number of H-pyrrole nitrogens is 1. The molecule has 16 heavy (non-hydrogen) atoms.